The quantitative estimate of drug-likeness (QED) is 0.531. The van der Waals surface area contributed by atoms with E-state index in [0.29, 0.717) is 6.54 Å². The lowest BCUT2D eigenvalue weighted by molar-refractivity contribution is -0.727. The topological polar surface area (TPSA) is 120 Å². The van der Waals surface area contributed by atoms with Crippen molar-refractivity contribution in [2.75, 3.05) is 13.2 Å². The lowest BCUT2D eigenvalue weighted by Crippen LogP contribution is -2.47. The maximum atomic E-state index is 12.8. The first-order valence-electron chi connectivity index (χ1n) is 10.6. The molecule has 2 aromatic rings. The molecule has 1 aliphatic rings. The molecule has 0 aliphatic carbocycles. The van der Waals surface area contributed by atoms with Crippen LogP contribution in [-0.2, 0) is 22.7 Å². The predicted octanol–water partition coefficient (Wildman–Crippen LogP) is 1.34. The van der Waals surface area contributed by atoms with Crippen molar-refractivity contribution in [2.24, 2.45) is 0 Å². The van der Waals surface area contributed by atoms with Crippen molar-refractivity contribution in [2.45, 2.75) is 44.5 Å². The van der Waals surface area contributed by atoms with Crippen LogP contribution >= 0.6 is 0 Å². The molecule has 9 heteroatoms. The van der Waals surface area contributed by atoms with Gasteiger partial charge in [-0.2, -0.15) is 4.57 Å². The second-order valence-corrected chi connectivity index (χ2v) is 7.73. The first-order valence-corrected chi connectivity index (χ1v) is 10.6. The number of aliphatic carboxylic acids is 1. The smallest absolute Gasteiger partial charge is 0.414 e. The lowest BCUT2D eigenvalue weighted by Gasteiger charge is -2.34. The fourth-order valence-electron chi connectivity index (χ4n) is 3.72. The van der Waals surface area contributed by atoms with Crippen molar-refractivity contribution in [3.63, 3.8) is 0 Å². The highest BCUT2D eigenvalue weighted by Gasteiger charge is 2.28. The molecule has 0 unspecified atom stereocenters. The van der Waals surface area contributed by atoms with Crippen LogP contribution in [0.2, 0.25) is 0 Å². The molecule has 1 aromatic carbocycles. The minimum atomic E-state index is -1.39. The first-order chi connectivity index (χ1) is 15.5. The SMILES string of the molecule is O=C(N[C@@H](CO)C(=O)O)c1ccc[n+](COC(=O)N2CCCC[C@@H]2Cc2ccccc2)c1. The summed E-state index contributed by atoms with van der Waals surface area (Å²) in [4.78, 5) is 37.8. The van der Waals surface area contributed by atoms with Crippen LogP contribution in [0.25, 0.3) is 0 Å². The number of amides is 2. The number of pyridine rings is 1. The Labute approximate surface area is 186 Å². The molecule has 0 bridgehead atoms. The Balaban J connectivity index is 1.59. The minimum absolute atomic E-state index is 0.0761. The van der Waals surface area contributed by atoms with Crippen LogP contribution in [0.4, 0.5) is 4.79 Å². The third-order valence-electron chi connectivity index (χ3n) is 5.42. The number of benzene rings is 1. The van der Waals surface area contributed by atoms with E-state index in [-0.39, 0.29) is 18.3 Å². The van der Waals surface area contributed by atoms with Gasteiger partial charge in [-0.25, -0.2) is 9.59 Å². The van der Waals surface area contributed by atoms with Gasteiger partial charge in [0.05, 0.1) is 6.61 Å². The van der Waals surface area contributed by atoms with Gasteiger partial charge in [-0.15, -0.1) is 0 Å². The van der Waals surface area contributed by atoms with E-state index < -0.39 is 30.6 Å². The molecule has 0 radical (unpaired) electrons. The van der Waals surface area contributed by atoms with Crippen molar-refractivity contribution in [1.82, 2.24) is 10.2 Å². The maximum absolute atomic E-state index is 12.8. The summed E-state index contributed by atoms with van der Waals surface area (Å²) >= 11 is 0. The van der Waals surface area contributed by atoms with Gasteiger partial charge in [-0.05, 0) is 37.3 Å². The zero-order valence-corrected chi connectivity index (χ0v) is 17.7. The molecule has 0 saturated carbocycles. The molecule has 2 amide bonds. The predicted molar refractivity (Wildman–Crippen MR) is 114 cm³/mol. The molecule has 3 N–H and O–H groups in total. The van der Waals surface area contributed by atoms with E-state index in [1.807, 2.05) is 18.2 Å². The molecule has 2 atom stereocenters. The highest BCUT2D eigenvalue weighted by atomic mass is 16.6. The molecule has 1 aromatic heterocycles. The molecular weight excluding hydrogens is 414 g/mol. The van der Waals surface area contributed by atoms with Crippen molar-refractivity contribution in [3.8, 4) is 0 Å². The number of aliphatic hydroxyl groups excluding tert-OH is 1. The molecule has 3 rings (SSSR count). The number of aromatic nitrogens is 1. The standard InChI is InChI=1S/C23H27N3O6/c27-15-20(22(29)30)24-21(28)18-9-6-11-25(14-18)16-32-23(31)26-12-5-4-10-19(26)13-17-7-2-1-3-8-17/h1-3,6-9,11,14,19-20,27H,4-5,10,12-13,15-16H2,(H-,24,28,29,30)/p+1/t19-,20+/m1/s1. The van der Waals surface area contributed by atoms with Crippen molar-refractivity contribution >= 4 is 18.0 Å². The molecule has 1 fully saturated rings. The molecule has 1 saturated heterocycles. The lowest BCUT2D eigenvalue weighted by atomic mass is 9.96. The monoisotopic (exact) mass is 442 g/mol. The Bertz CT molecular complexity index is 936. The fraction of sp³-hybridized carbons (Fsp3) is 0.391. The van der Waals surface area contributed by atoms with Gasteiger partial charge in [0.15, 0.2) is 18.4 Å². The van der Waals surface area contributed by atoms with Crippen molar-refractivity contribution in [3.05, 3.63) is 66.0 Å². The molecule has 1 aliphatic heterocycles. The number of aliphatic hydroxyl groups is 1. The van der Waals surface area contributed by atoms with Gasteiger partial charge in [-0.3, -0.25) is 4.79 Å². The van der Waals surface area contributed by atoms with E-state index in [1.54, 1.807) is 17.2 Å². The Hall–Kier alpha value is -3.46. The third-order valence-corrected chi connectivity index (χ3v) is 5.42. The highest BCUT2D eigenvalue weighted by Crippen LogP contribution is 2.21. The van der Waals surface area contributed by atoms with E-state index in [1.165, 1.54) is 22.4 Å². The van der Waals surface area contributed by atoms with Gasteiger partial charge in [0, 0.05) is 18.7 Å². The number of nitrogens with zero attached hydrogens (tertiary/aromatic N) is 2. The van der Waals surface area contributed by atoms with E-state index in [9.17, 15) is 14.4 Å². The normalized spacial score (nSPS) is 16.8. The highest BCUT2D eigenvalue weighted by molar-refractivity contribution is 5.96. The number of piperidine rings is 1. The first kappa shape index (κ1) is 23.2. The summed E-state index contributed by atoms with van der Waals surface area (Å²) in [7, 11) is 0. The van der Waals surface area contributed by atoms with Gasteiger partial charge in [0.2, 0.25) is 0 Å². The van der Waals surface area contributed by atoms with Crippen molar-refractivity contribution < 1.29 is 33.9 Å². The number of hydrogen-bond donors (Lipinski definition) is 3. The number of carboxylic acids is 1. The van der Waals surface area contributed by atoms with Gasteiger partial charge in [-0.1, -0.05) is 30.3 Å². The van der Waals surface area contributed by atoms with Gasteiger partial charge in [0.25, 0.3) is 12.6 Å². The van der Waals surface area contributed by atoms with Crippen LogP contribution in [0.3, 0.4) is 0 Å². The maximum Gasteiger partial charge on any atom is 0.414 e. The molecule has 2 heterocycles. The summed E-state index contributed by atoms with van der Waals surface area (Å²) in [6, 6.07) is 11.8. The van der Waals surface area contributed by atoms with E-state index >= 15 is 0 Å². The number of ether oxygens (including phenoxy) is 1. The summed E-state index contributed by atoms with van der Waals surface area (Å²) in [5.41, 5.74) is 1.36. The molecule has 0 spiro atoms. The van der Waals surface area contributed by atoms with E-state index in [0.717, 1.165) is 25.7 Å². The third kappa shape index (κ3) is 6.27. The summed E-state index contributed by atoms with van der Waals surface area (Å²) < 4.78 is 7.02. The number of carbonyl (C=O) groups is 3. The number of carboxylic acid groups (broad SMARTS) is 1. The number of likely N-dealkylation sites (tertiary alicyclic amines) is 1. The summed E-state index contributed by atoms with van der Waals surface area (Å²) in [6.45, 7) is -0.163. The molecule has 32 heavy (non-hydrogen) atoms. The minimum Gasteiger partial charge on any atom is -0.480 e. The van der Waals surface area contributed by atoms with Crippen molar-refractivity contribution in [1.29, 1.82) is 0 Å². The van der Waals surface area contributed by atoms with Crippen LogP contribution in [0.1, 0.15) is 35.2 Å². The van der Waals surface area contributed by atoms with E-state index in [2.05, 4.69) is 17.4 Å². The molecule has 9 nitrogen and oxygen atoms in total. The second-order valence-electron chi connectivity index (χ2n) is 7.73. The molecular formula is C23H28N3O6+. The fourth-order valence-corrected chi connectivity index (χ4v) is 3.72. The van der Waals surface area contributed by atoms with Crippen LogP contribution in [0.15, 0.2) is 54.9 Å². The zero-order valence-electron chi connectivity index (χ0n) is 17.7. The average Bonchev–Trinajstić information content (AvgIpc) is 2.82. The number of rotatable bonds is 8. The Morgan fingerprint density at radius 1 is 1.16 bits per heavy atom. The number of hydrogen-bond acceptors (Lipinski definition) is 5. The van der Waals surface area contributed by atoms with Crippen LogP contribution in [-0.4, -0.2) is 58.3 Å². The van der Waals surface area contributed by atoms with Gasteiger partial charge in [0.1, 0.15) is 5.56 Å². The summed E-state index contributed by atoms with van der Waals surface area (Å²) in [5.74, 6) is -1.98. The van der Waals surface area contributed by atoms with Gasteiger partial charge >= 0.3 is 12.1 Å². The Morgan fingerprint density at radius 3 is 2.66 bits per heavy atom. The van der Waals surface area contributed by atoms with Crippen LogP contribution in [0.5, 0.6) is 0 Å². The van der Waals surface area contributed by atoms with Gasteiger partial charge < -0.3 is 25.2 Å². The Kier molecular flexibility index (Phi) is 8.15. The molecule has 170 valence electrons. The second kappa shape index (κ2) is 11.2. The Morgan fingerprint density at radius 2 is 1.94 bits per heavy atom. The summed E-state index contributed by atoms with van der Waals surface area (Å²) in [6.07, 6.45) is 6.38. The average molecular weight is 442 g/mol. The van der Waals surface area contributed by atoms with Crippen LogP contribution in [0, 0.1) is 0 Å². The van der Waals surface area contributed by atoms with E-state index in [4.69, 9.17) is 14.9 Å². The number of carbonyl (C=O) groups excluding carboxylic acids is 2. The largest absolute Gasteiger partial charge is 0.480 e. The summed E-state index contributed by atoms with van der Waals surface area (Å²) in [5, 5.41) is 20.3. The zero-order chi connectivity index (χ0) is 22.9. The number of nitrogens with one attached hydrogen (secondary N) is 1. The van der Waals surface area contributed by atoms with Crippen LogP contribution < -0.4 is 9.88 Å².